The maximum atomic E-state index is 4.58. The van der Waals surface area contributed by atoms with Crippen LogP contribution < -0.4 is 0 Å². The Kier molecular flexibility index (Phi) is 3.95. The van der Waals surface area contributed by atoms with E-state index in [2.05, 4.69) is 125 Å². The van der Waals surface area contributed by atoms with Crippen molar-refractivity contribution in [3.8, 4) is 11.4 Å². The van der Waals surface area contributed by atoms with E-state index in [-0.39, 0.29) is 5.41 Å². The lowest BCUT2D eigenvalue weighted by atomic mass is 9.86. The SMILES string of the molecule is CC(C)(C)c1ccc2c(c1)c1ccccc1c1nnc(-c3ccc(I)cc3)n21. The Morgan fingerprint density at radius 2 is 1.50 bits per heavy atom. The highest BCUT2D eigenvalue weighted by Gasteiger charge is 2.19. The molecule has 5 rings (SSSR count). The third-order valence-electron chi connectivity index (χ3n) is 5.33. The third kappa shape index (κ3) is 2.70. The molecule has 0 aliphatic rings. The smallest absolute Gasteiger partial charge is 0.169 e. The monoisotopic (exact) mass is 477 g/mol. The lowest BCUT2D eigenvalue weighted by Gasteiger charge is -2.20. The number of halogens is 1. The van der Waals surface area contributed by atoms with Gasteiger partial charge in [-0.25, -0.2) is 0 Å². The minimum atomic E-state index is 0.0936. The summed E-state index contributed by atoms with van der Waals surface area (Å²) in [6.45, 7) is 6.76. The van der Waals surface area contributed by atoms with Crippen molar-refractivity contribution in [1.82, 2.24) is 14.6 Å². The molecule has 0 amide bonds. The summed E-state index contributed by atoms with van der Waals surface area (Å²) in [6, 6.07) is 23.7. The summed E-state index contributed by atoms with van der Waals surface area (Å²) in [5, 5.41) is 12.7. The largest absolute Gasteiger partial charge is 0.274 e. The molecule has 4 heteroatoms. The fraction of sp³-hybridized carbons (Fsp3) is 0.167. The van der Waals surface area contributed by atoms with Crippen LogP contribution in [0.1, 0.15) is 26.3 Å². The lowest BCUT2D eigenvalue weighted by molar-refractivity contribution is 0.591. The van der Waals surface area contributed by atoms with E-state index in [1.54, 1.807) is 0 Å². The van der Waals surface area contributed by atoms with Gasteiger partial charge in [0.05, 0.1) is 5.52 Å². The van der Waals surface area contributed by atoms with Crippen LogP contribution in [0.3, 0.4) is 0 Å². The molecule has 0 aliphatic heterocycles. The molecule has 0 saturated carbocycles. The number of nitrogens with zero attached hydrogens (tertiary/aromatic N) is 3. The van der Waals surface area contributed by atoms with Gasteiger partial charge >= 0.3 is 0 Å². The molecule has 28 heavy (non-hydrogen) atoms. The molecule has 0 fully saturated rings. The number of hydrogen-bond donors (Lipinski definition) is 0. The van der Waals surface area contributed by atoms with Crippen LogP contribution in [-0.2, 0) is 5.41 Å². The highest BCUT2D eigenvalue weighted by Crippen LogP contribution is 2.34. The zero-order valence-corrected chi connectivity index (χ0v) is 18.2. The Labute approximate surface area is 177 Å². The van der Waals surface area contributed by atoms with Gasteiger partial charge in [0.25, 0.3) is 0 Å². The summed E-state index contributed by atoms with van der Waals surface area (Å²) >= 11 is 2.33. The van der Waals surface area contributed by atoms with Gasteiger partial charge in [-0.1, -0.05) is 63.2 Å². The molecule has 3 nitrogen and oxygen atoms in total. The van der Waals surface area contributed by atoms with Crippen molar-refractivity contribution in [3.63, 3.8) is 0 Å². The Balaban J connectivity index is 1.95. The Morgan fingerprint density at radius 3 is 2.21 bits per heavy atom. The van der Waals surface area contributed by atoms with Crippen LogP contribution in [0.4, 0.5) is 0 Å². The van der Waals surface area contributed by atoms with Crippen LogP contribution >= 0.6 is 22.6 Å². The van der Waals surface area contributed by atoms with Crippen molar-refractivity contribution in [2.45, 2.75) is 26.2 Å². The second-order valence-corrected chi connectivity index (χ2v) is 9.46. The molecule has 2 aromatic heterocycles. The highest BCUT2D eigenvalue weighted by molar-refractivity contribution is 14.1. The molecule has 2 heterocycles. The van der Waals surface area contributed by atoms with E-state index in [0.717, 1.165) is 27.9 Å². The summed E-state index contributed by atoms with van der Waals surface area (Å²) in [5.74, 6) is 0.880. The summed E-state index contributed by atoms with van der Waals surface area (Å²) in [5.41, 5.74) is 4.54. The van der Waals surface area contributed by atoms with Crippen LogP contribution in [0, 0.1) is 3.57 Å². The summed E-state index contributed by atoms with van der Waals surface area (Å²) in [7, 11) is 0. The molecule has 0 aliphatic carbocycles. The van der Waals surface area contributed by atoms with Crippen LogP contribution in [0.15, 0.2) is 66.7 Å². The molecule has 0 unspecified atom stereocenters. The maximum Gasteiger partial charge on any atom is 0.169 e. The third-order valence-corrected chi connectivity index (χ3v) is 6.05. The zero-order valence-electron chi connectivity index (χ0n) is 16.1. The highest BCUT2D eigenvalue weighted by atomic mass is 127. The van der Waals surface area contributed by atoms with Gasteiger partial charge in [-0.2, -0.15) is 0 Å². The number of aromatic nitrogens is 3. The standard InChI is InChI=1S/C24H20IN3/c1-24(2,3)16-10-13-21-20(14-16)18-6-4-5-7-19(18)23-27-26-22(28(21)23)15-8-11-17(25)12-9-15/h4-14H,1-3H3. The Hall–Kier alpha value is -2.47. The number of fused-ring (bicyclic) bond motifs is 6. The number of rotatable bonds is 1. The van der Waals surface area contributed by atoms with Crippen LogP contribution in [0.2, 0.25) is 0 Å². The normalized spacial score (nSPS) is 12.3. The van der Waals surface area contributed by atoms with Crippen molar-refractivity contribution in [2.24, 2.45) is 0 Å². The lowest BCUT2D eigenvalue weighted by Crippen LogP contribution is -2.11. The summed E-state index contributed by atoms with van der Waals surface area (Å²) < 4.78 is 3.41. The second-order valence-electron chi connectivity index (χ2n) is 8.22. The average molecular weight is 477 g/mol. The van der Waals surface area contributed by atoms with Crippen LogP contribution in [-0.4, -0.2) is 14.6 Å². The molecule has 0 radical (unpaired) electrons. The van der Waals surface area contributed by atoms with E-state index in [1.807, 2.05) is 0 Å². The Morgan fingerprint density at radius 1 is 0.786 bits per heavy atom. The van der Waals surface area contributed by atoms with Crippen molar-refractivity contribution in [3.05, 3.63) is 75.9 Å². The van der Waals surface area contributed by atoms with Crippen molar-refractivity contribution < 1.29 is 0 Å². The van der Waals surface area contributed by atoms with Gasteiger partial charge < -0.3 is 0 Å². The van der Waals surface area contributed by atoms with Crippen LogP contribution in [0.25, 0.3) is 38.7 Å². The van der Waals surface area contributed by atoms with Crippen LogP contribution in [0.5, 0.6) is 0 Å². The summed E-state index contributed by atoms with van der Waals surface area (Å²) in [6.07, 6.45) is 0. The Bertz CT molecular complexity index is 1340. The van der Waals surface area contributed by atoms with Gasteiger partial charge in [-0.3, -0.25) is 4.40 Å². The molecule has 138 valence electrons. The van der Waals surface area contributed by atoms with Crippen molar-refractivity contribution in [2.75, 3.05) is 0 Å². The van der Waals surface area contributed by atoms with Gasteiger partial charge in [0.1, 0.15) is 0 Å². The molecule has 0 bridgehead atoms. The predicted molar refractivity (Wildman–Crippen MR) is 125 cm³/mol. The first-order chi connectivity index (χ1) is 13.4. The van der Waals surface area contributed by atoms with Crippen molar-refractivity contribution >= 4 is 49.9 Å². The molecule has 0 atom stereocenters. The van der Waals surface area contributed by atoms with E-state index in [1.165, 1.54) is 19.9 Å². The number of hydrogen-bond acceptors (Lipinski definition) is 2. The molecule has 3 aromatic carbocycles. The van der Waals surface area contributed by atoms with Gasteiger partial charge in [-0.15, -0.1) is 10.2 Å². The van der Waals surface area contributed by atoms with E-state index in [9.17, 15) is 0 Å². The molecule has 0 spiro atoms. The van der Waals surface area contributed by atoms with E-state index in [0.29, 0.717) is 0 Å². The van der Waals surface area contributed by atoms with E-state index >= 15 is 0 Å². The molecule has 0 saturated heterocycles. The van der Waals surface area contributed by atoms with E-state index < -0.39 is 0 Å². The predicted octanol–water partition coefficient (Wildman–Crippen LogP) is 6.60. The van der Waals surface area contributed by atoms with Gasteiger partial charge in [0, 0.05) is 19.9 Å². The van der Waals surface area contributed by atoms with E-state index in [4.69, 9.17) is 0 Å². The van der Waals surface area contributed by atoms with Gasteiger partial charge in [-0.05, 0) is 63.2 Å². The molecular weight excluding hydrogens is 457 g/mol. The zero-order chi connectivity index (χ0) is 19.5. The second kappa shape index (κ2) is 6.27. The fourth-order valence-electron chi connectivity index (χ4n) is 3.80. The first-order valence-electron chi connectivity index (χ1n) is 9.39. The first-order valence-corrected chi connectivity index (χ1v) is 10.5. The topological polar surface area (TPSA) is 30.2 Å². The fourth-order valence-corrected chi connectivity index (χ4v) is 4.16. The van der Waals surface area contributed by atoms with Gasteiger partial charge in [0.15, 0.2) is 11.5 Å². The quantitative estimate of drug-likeness (QED) is 0.201. The average Bonchev–Trinajstić information content (AvgIpc) is 3.13. The number of benzene rings is 3. The minimum Gasteiger partial charge on any atom is -0.274 e. The minimum absolute atomic E-state index is 0.0936. The molecular formula is C24H20IN3. The maximum absolute atomic E-state index is 4.58. The molecule has 5 aromatic rings. The van der Waals surface area contributed by atoms with Gasteiger partial charge in [0.2, 0.25) is 0 Å². The number of pyridine rings is 1. The first kappa shape index (κ1) is 17.6. The van der Waals surface area contributed by atoms with Crippen molar-refractivity contribution in [1.29, 1.82) is 0 Å². The summed E-state index contributed by atoms with van der Waals surface area (Å²) in [4.78, 5) is 0. The molecule has 0 N–H and O–H groups in total.